The zero-order valence-corrected chi connectivity index (χ0v) is 9.34. The summed E-state index contributed by atoms with van der Waals surface area (Å²) in [5.74, 6) is -0.0388. The van der Waals surface area contributed by atoms with Gasteiger partial charge in [-0.05, 0) is 31.2 Å². The molecule has 0 spiro atoms. The van der Waals surface area contributed by atoms with Crippen molar-refractivity contribution in [1.82, 2.24) is 15.5 Å². The topological polar surface area (TPSA) is 78.0 Å². The first-order chi connectivity index (χ1) is 8.16. The predicted octanol–water partition coefficient (Wildman–Crippen LogP) is 1.61. The Morgan fingerprint density at radius 3 is 2.71 bits per heavy atom. The lowest BCUT2D eigenvalue weighted by atomic mass is 10.1. The highest BCUT2D eigenvalue weighted by atomic mass is 16.3. The average Bonchev–Trinajstić information content (AvgIpc) is 2.83. The summed E-state index contributed by atoms with van der Waals surface area (Å²) < 4.78 is 0. The third-order valence-electron chi connectivity index (χ3n) is 2.50. The smallest absolute Gasteiger partial charge is 0.251 e. The summed E-state index contributed by atoms with van der Waals surface area (Å²) in [6.07, 6.45) is 3.41. The van der Waals surface area contributed by atoms with Crippen LogP contribution < -0.4 is 5.32 Å². The van der Waals surface area contributed by atoms with Crippen molar-refractivity contribution in [2.45, 2.75) is 13.0 Å². The molecule has 17 heavy (non-hydrogen) atoms. The second-order valence-electron chi connectivity index (χ2n) is 3.77. The van der Waals surface area contributed by atoms with Gasteiger partial charge < -0.3 is 10.4 Å². The highest BCUT2D eigenvalue weighted by molar-refractivity contribution is 5.94. The molecule has 1 heterocycles. The second-order valence-corrected chi connectivity index (χ2v) is 3.77. The van der Waals surface area contributed by atoms with E-state index >= 15 is 0 Å². The summed E-state index contributed by atoms with van der Waals surface area (Å²) in [5.41, 5.74) is 1.43. The van der Waals surface area contributed by atoms with Gasteiger partial charge in [0.15, 0.2) is 0 Å². The number of amides is 1. The van der Waals surface area contributed by atoms with E-state index in [0.29, 0.717) is 5.56 Å². The lowest BCUT2D eigenvalue weighted by Crippen LogP contribution is -2.26. The predicted molar refractivity (Wildman–Crippen MR) is 62.6 cm³/mol. The van der Waals surface area contributed by atoms with Crippen molar-refractivity contribution < 1.29 is 9.90 Å². The molecule has 1 amide bonds. The number of nitrogens with one attached hydrogen (secondary N) is 2. The quantitative estimate of drug-likeness (QED) is 0.750. The van der Waals surface area contributed by atoms with E-state index in [1.807, 2.05) is 6.92 Å². The molecule has 0 fully saturated rings. The van der Waals surface area contributed by atoms with Gasteiger partial charge in [0.1, 0.15) is 5.75 Å². The Labute approximate surface area is 98.5 Å². The highest BCUT2D eigenvalue weighted by Gasteiger charge is 2.11. The zero-order chi connectivity index (χ0) is 12.3. The van der Waals surface area contributed by atoms with Crippen molar-refractivity contribution in [3.63, 3.8) is 0 Å². The summed E-state index contributed by atoms with van der Waals surface area (Å²) in [4.78, 5) is 11.8. The SMILES string of the molecule is CC(NC(=O)c1ccc(O)cc1)c1cn[nH]c1. The van der Waals surface area contributed by atoms with Crippen molar-refractivity contribution in [2.75, 3.05) is 0 Å². The van der Waals surface area contributed by atoms with Crippen LogP contribution in [0.15, 0.2) is 36.7 Å². The number of benzene rings is 1. The first kappa shape index (κ1) is 11.2. The van der Waals surface area contributed by atoms with E-state index in [0.717, 1.165) is 5.56 Å². The number of aromatic amines is 1. The van der Waals surface area contributed by atoms with Gasteiger partial charge in [-0.3, -0.25) is 9.89 Å². The molecule has 0 radical (unpaired) electrons. The Morgan fingerprint density at radius 1 is 1.41 bits per heavy atom. The van der Waals surface area contributed by atoms with E-state index in [4.69, 9.17) is 5.11 Å². The number of carbonyl (C=O) groups is 1. The number of aromatic hydroxyl groups is 1. The Balaban J connectivity index is 2.04. The molecule has 5 heteroatoms. The van der Waals surface area contributed by atoms with Crippen LogP contribution in [0, 0.1) is 0 Å². The van der Waals surface area contributed by atoms with E-state index in [-0.39, 0.29) is 17.7 Å². The van der Waals surface area contributed by atoms with Gasteiger partial charge in [-0.1, -0.05) is 0 Å². The van der Waals surface area contributed by atoms with Crippen LogP contribution in [0.4, 0.5) is 0 Å². The standard InChI is InChI=1S/C12H13N3O2/c1-8(10-6-13-14-7-10)15-12(17)9-2-4-11(16)5-3-9/h2-8,16H,1H3,(H,13,14)(H,15,17). The number of H-pyrrole nitrogens is 1. The fourth-order valence-corrected chi connectivity index (χ4v) is 1.47. The van der Waals surface area contributed by atoms with E-state index in [1.54, 1.807) is 24.5 Å². The van der Waals surface area contributed by atoms with Crippen molar-refractivity contribution in [3.05, 3.63) is 47.8 Å². The minimum atomic E-state index is -0.182. The number of hydrogen-bond acceptors (Lipinski definition) is 3. The molecule has 1 aromatic carbocycles. The average molecular weight is 231 g/mol. The van der Waals surface area contributed by atoms with Crippen molar-refractivity contribution in [1.29, 1.82) is 0 Å². The van der Waals surface area contributed by atoms with Crippen LogP contribution in [-0.2, 0) is 0 Å². The van der Waals surface area contributed by atoms with Crippen molar-refractivity contribution in [2.24, 2.45) is 0 Å². The summed E-state index contributed by atoms with van der Waals surface area (Å²) in [7, 11) is 0. The molecule has 3 N–H and O–H groups in total. The molecule has 5 nitrogen and oxygen atoms in total. The molecule has 2 aromatic rings. The first-order valence-corrected chi connectivity index (χ1v) is 5.25. The van der Waals surface area contributed by atoms with Crippen molar-refractivity contribution in [3.8, 4) is 5.75 Å². The molecule has 0 bridgehead atoms. The van der Waals surface area contributed by atoms with E-state index in [1.165, 1.54) is 12.1 Å². The highest BCUT2D eigenvalue weighted by Crippen LogP contribution is 2.13. The van der Waals surface area contributed by atoms with Gasteiger partial charge >= 0.3 is 0 Å². The monoisotopic (exact) mass is 231 g/mol. The Hall–Kier alpha value is -2.30. The number of aromatic nitrogens is 2. The van der Waals surface area contributed by atoms with Gasteiger partial charge in [0.05, 0.1) is 12.2 Å². The molecule has 1 atom stereocenters. The van der Waals surface area contributed by atoms with Crippen LogP contribution in [0.2, 0.25) is 0 Å². The third-order valence-corrected chi connectivity index (χ3v) is 2.50. The number of hydrogen-bond donors (Lipinski definition) is 3. The van der Waals surface area contributed by atoms with E-state index < -0.39 is 0 Å². The largest absolute Gasteiger partial charge is 0.508 e. The molecule has 0 aliphatic rings. The van der Waals surface area contributed by atoms with Gasteiger partial charge in [-0.25, -0.2) is 0 Å². The molecule has 1 unspecified atom stereocenters. The molecule has 0 aliphatic carbocycles. The summed E-state index contributed by atoms with van der Waals surface area (Å²) in [6, 6.07) is 6.00. The number of carbonyl (C=O) groups excluding carboxylic acids is 1. The Morgan fingerprint density at radius 2 is 2.12 bits per heavy atom. The molecule has 0 aliphatic heterocycles. The summed E-state index contributed by atoms with van der Waals surface area (Å²) in [6.45, 7) is 1.88. The normalized spacial score (nSPS) is 12.1. The van der Waals surface area contributed by atoms with Gasteiger partial charge in [-0.15, -0.1) is 0 Å². The zero-order valence-electron chi connectivity index (χ0n) is 9.34. The third kappa shape index (κ3) is 2.63. The maximum atomic E-state index is 11.8. The van der Waals surface area contributed by atoms with Gasteiger partial charge in [0.25, 0.3) is 5.91 Å². The lowest BCUT2D eigenvalue weighted by molar-refractivity contribution is 0.0940. The van der Waals surface area contributed by atoms with Crippen LogP contribution in [-0.4, -0.2) is 21.2 Å². The molecule has 0 saturated carbocycles. The molecule has 1 aromatic heterocycles. The fraction of sp³-hybridized carbons (Fsp3) is 0.167. The fourth-order valence-electron chi connectivity index (χ4n) is 1.47. The molecule has 2 rings (SSSR count). The lowest BCUT2D eigenvalue weighted by Gasteiger charge is -2.11. The van der Waals surface area contributed by atoms with Gasteiger partial charge in [0.2, 0.25) is 0 Å². The number of rotatable bonds is 3. The Bertz CT molecular complexity index is 491. The molecule has 0 saturated heterocycles. The van der Waals surface area contributed by atoms with E-state index in [2.05, 4.69) is 15.5 Å². The minimum absolute atomic E-state index is 0.116. The van der Waals surface area contributed by atoms with Crippen LogP contribution >= 0.6 is 0 Å². The number of nitrogens with zero attached hydrogens (tertiary/aromatic N) is 1. The van der Waals surface area contributed by atoms with Crippen LogP contribution in [0.5, 0.6) is 5.75 Å². The van der Waals surface area contributed by atoms with Crippen molar-refractivity contribution >= 4 is 5.91 Å². The van der Waals surface area contributed by atoms with Crippen LogP contribution in [0.3, 0.4) is 0 Å². The Kier molecular flexibility index (Phi) is 3.09. The molecular formula is C12H13N3O2. The van der Waals surface area contributed by atoms with Gasteiger partial charge in [-0.2, -0.15) is 5.10 Å². The maximum absolute atomic E-state index is 11.8. The minimum Gasteiger partial charge on any atom is -0.508 e. The summed E-state index contributed by atoms with van der Waals surface area (Å²) >= 11 is 0. The first-order valence-electron chi connectivity index (χ1n) is 5.25. The molecule has 88 valence electrons. The van der Waals surface area contributed by atoms with E-state index in [9.17, 15) is 4.79 Å². The summed E-state index contributed by atoms with van der Waals surface area (Å²) in [5, 5.41) is 18.5. The number of phenolic OH excluding ortho intramolecular Hbond substituents is 1. The second kappa shape index (κ2) is 4.69. The molecular weight excluding hydrogens is 218 g/mol. The maximum Gasteiger partial charge on any atom is 0.251 e. The van der Waals surface area contributed by atoms with Crippen LogP contribution in [0.1, 0.15) is 28.9 Å². The van der Waals surface area contributed by atoms with Crippen LogP contribution in [0.25, 0.3) is 0 Å². The van der Waals surface area contributed by atoms with Gasteiger partial charge in [0, 0.05) is 17.3 Å². The number of phenols is 1.